The van der Waals surface area contributed by atoms with Gasteiger partial charge in [0.1, 0.15) is 0 Å². The van der Waals surface area contributed by atoms with Crippen LogP contribution in [0, 0.1) is 6.92 Å². The second kappa shape index (κ2) is 9.72. The zero-order valence-corrected chi connectivity index (χ0v) is 16.5. The Labute approximate surface area is 161 Å². The van der Waals surface area contributed by atoms with E-state index in [2.05, 4.69) is 6.92 Å². The molecule has 4 heteroatoms. The first-order valence-corrected chi connectivity index (χ1v) is 9.20. The van der Waals surface area contributed by atoms with Gasteiger partial charge in [-0.1, -0.05) is 55.3 Å². The molecule has 0 N–H and O–H groups in total. The molecule has 0 atom stereocenters. The number of nitrogens with zero attached hydrogens (tertiary/aromatic N) is 1. The maximum atomic E-state index is 13.0. The molecule has 27 heavy (non-hydrogen) atoms. The van der Waals surface area contributed by atoms with E-state index < -0.39 is 0 Å². The lowest BCUT2D eigenvalue weighted by molar-refractivity contribution is 0.0826. The lowest BCUT2D eigenvalue weighted by atomic mass is 10.0. The Kier molecular flexibility index (Phi) is 7.35. The van der Waals surface area contributed by atoms with Crippen molar-refractivity contribution >= 4 is 17.8 Å². The Morgan fingerprint density at radius 2 is 1.70 bits per heavy atom. The van der Waals surface area contributed by atoms with Crippen molar-refractivity contribution in [1.82, 2.24) is 4.90 Å². The molecule has 0 fully saturated rings. The quantitative estimate of drug-likeness (QED) is 0.294. The van der Waals surface area contributed by atoms with Crippen molar-refractivity contribution in [3.05, 3.63) is 76.5 Å². The summed E-state index contributed by atoms with van der Waals surface area (Å²) in [6.45, 7) is 4.59. The second-order valence-electron chi connectivity index (χ2n) is 6.73. The highest BCUT2D eigenvalue weighted by atomic mass is 16.5. The molecule has 0 saturated carbocycles. The van der Waals surface area contributed by atoms with Crippen LogP contribution in [0.5, 0.6) is 0 Å². The van der Waals surface area contributed by atoms with Gasteiger partial charge in [0.05, 0.1) is 6.61 Å². The van der Waals surface area contributed by atoms with Gasteiger partial charge in [0.15, 0.2) is 5.76 Å². The van der Waals surface area contributed by atoms with Gasteiger partial charge in [-0.15, -0.1) is 0 Å². The fourth-order valence-corrected chi connectivity index (χ4v) is 2.58. The predicted molar refractivity (Wildman–Crippen MR) is 109 cm³/mol. The number of ketones is 1. The molecule has 2 rings (SSSR count). The van der Waals surface area contributed by atoms with E-state index in [4.69, 9.17) is 4.74 Å². The van der Waals surface area contributed by atoms with Gasteiger partial charge in [-0.05, 0) is 37.1 Å². The average Bonchev–Trinajstić information content (AvgIpc) is 2.66. The molecule has 0 aromatic heterocycles. The molecule has 0 saturated heterocycles. The number of ether oxygens (including phenoxy) is 1. The van der Waals surface area contributed by atoms with Crippen molar-refractivity contribution < 1.29 is 14.3 Å². The van der Waals surface area contributed by atoms with Crippen LogP contribution in [-0.4, -0.2) is 37.3 Å². The zero-order valence-electron chi connectivity index (χ0n) is 16.5. The molecule has 0 radical (unpaired) electrons. The van der Waals surface area contributed by atoms with Crippen LogP contribution in [0.2, 0.25) is 0 Å². The number of Topliss-reactive ketones (excluding diaryl/α,β-unsaturated/α-hetero) is 1. The van der Waals surface area contributed by atoms with Crippen LogP contribution in [0.15, 0.2) is 54.3 Å². The molecule has 2 aromatic rings. The number of hydrogen-bond donors (Lipinski definition) is 0. The largest absolute Gasteiger partial charge is 0.489 e. The van der Waals surface area contributed by atoms with Crippen molar-refractivity contribution in [2.45, 2.75) is 26.7 Å². The molecule has 0 aliphatic carbocycles. The molecule has 1 amide bonds. The number of carbonyl (C=O) groups excluding carboxylic acids is 2. The number of benzene rings is 2. The summed E-state index contributed by atoms with van der Waals surface area (Å²) < 4.78 is 5.79. The molecule has 2 aromatic carbocycles. The molecule has 142 valence electrons. The summed E-state index contributed by atoms with van der Waals surface area (Å²) in [5, 5.41) is 0. The summed E-state index contributed by atoms with van der Waals surface area (Å²) in [6, 6.07) is 14.6. The third-order valence-corrected chi connectivity index (χ3v) is 4.12. The third-order valence-electron chi connectivity index (χ3n) is 4.12. The molecular formula is C23H27NO3. The SMILES string of the molecule is CCCCOC(=Cc1cccc(C)c1)C(=O)c1ccc(C(=O)N(C)C)cc1. The minimum Gasteiger partial charge on any atom is -0.489 e. The smallest absolute Gasteiger partial charge is 0.253 e. The first-order valence-electron chi connectivity index (χ1n) is 9.20. The maximum absolute atomic E-state index is 13.0. The lowest BCUT2D eigenvalue weighted by Gasteiger charge is -2.12. The van der Waals surface area contributed by atoms with Crippen LogP contribution in [-0.2, 0) is 4.74 Å². The van der Waals surface area contributed by atoms with Gasteiger partial charge in [-0.3, -0.25) is 9.59 Å². The minimum absolute atomic E-state index is 0.0938. The van der Waals surface area contributed by atoms with Crippen molar-refractivity contribution in [2.75, 3.05) is 20.7 Å². The standard InChI is InChI=1S/C23H27NO3/c1-5-6-14-27-21(16-18-9-7-8-17(2)15-18)22(25)19-10-12-20(13-11-19)23(26)24(3)4/h7-13,15-16H,5-6,14H2,1-4H3. The summed E-state index contributed by atoms with van der Waals surface area (Å²) in [7, 11) is 3.40. The topological polar surface area (TPSA) is 46.6 Å². The van der Waals surface area contributed by atoms with E-state index >= 15 is 0 Å². The third kappa shape index (κ3) is 5.81. The molecule has 4 nitrogen and oxygen atoms in total. The second-order valence-corrected chi connectivity index (χ2v) is 6.73. The normalized spacial score (nSPS) is 11.2. The monoisotopic (exact) mass is 365 g/mol. The van der Waals surface area contributed by atoms with Gasteiger partial charge in [-0.2, -0.15) is 0 Å². The van der Waals surface area contributed by atoms with Gasteiger partial charge in [0, 0.05) is 25.2 Å². The fourth-order valence-electron chi connectivity index (χ4n) is 2.58. The van der Waals surface area contributed by atoms with Gasteiger partial charge < -0.3 is 9.64 Å². The number of amides is 1. The van der Waals surface area contributed by atoms with E-state index in [1.54, 1.807) is 44.4 Å². The van der Waals surface area contributed by atoms with E-state index in [9.17, 15) is 9.59 Å². The number of allylic oxidation sites excluding steroid dienone is 1. The molecule has 0 bridgehead atoms. The Morgan fingerprint density at radius 3 is 2.30 bits per heavy atom. The number of unbranched alkanes of at least 4 members (excludes halogenated alkanes) is 1. The first kappa shape index (κ1) is 20.4. The summed E-state index contributed by atoms with van der Waals surface area (Å²) in [5.74, 6) is 0.0425. The van der Waals surface area contributed by atoms with Crippen LogP contribution in [0.4, 0.5) is 0 Å². The molecule has 0 heterocycles. The van der Waals surface area contributed by atoms with E-state index in [0.717, 1.165) is 24.0 Å². The van der Waals surface area contributed by atoms with E-state index in [0.29, 0.717) is 23.5 Å². The van der Waals surface area contributed by atoms with Gasteiger partial charge in [0.25, 0.3) is 5.91 Å². The van der Waals surface area contributed by atoms with Crippen molar-refractivity contribution in [3.8, 4) is 0 Å². The summed E-state index contributed by atoms with van der Waals surface area (Å²) in [6.07, 6.45) is 3.66. The Bertz CT molecular complexity index is 820. The first-order chi connectivity index (χ1) is 12.9. The van der Waals surface area contributed by atoms with E-state index in [1.807, 2.05) is 31.2 Å². The zero-order chi connectivity index (χ0) is 19.8. The maximum Gasteiger partial charge on any atom is 0.253 e. The predicted octanol–water partition coefficient (Wildman–Crippen LogP) is 4.74. The number of hydrogen-bond acceptors (Lipinski definition) is 3. The summed E-state index contributed by atoms with van der Waals surface area (Å²) >= 11 is 0. The molecule has 0 aliphatic heterocycles. The number of aryl methyl sites for hydroxylation is 1. The van der Waals surface area contributed by atoms with E-state index in [-0.39, 0.29) is 11.7 Å². The minimum atomic E-state index is -0.184. The lowest BCUT2D eigenvalue weighted by Crippen LogP contribution is -2.21. The molecule has 0 aliphatic rings. The van der Waals surface area contributed by atoms with Crippen molar-refractivity contribution in [1.29, 1.82) is 0 Å². The van der Waals surface area contributed by atoms with Crippen molar-refractivity contribution in [3.63, 3.8) is 0 Å². The summed E-state index contributed by atoms with van der Waals surface area (Å²) in [5.41, 5.74) is 3.10. The van der Waals surface area contributed by atoms with Crippen LogP contribution >= 0.6 is 0 Å². The number of carbonyl (C=O) groups is 2. The van der Waals surface area contributed by atoms with Crippen LogP contribution in [0.3, 0.4) is 0 Å². The van der Waals surface area contributed by atoms with Gasteiger partial charge in [0.2, 0.25) is 5.78 Å². The molecular weight excluding hydrogens is 338 g/mol. The van der Waals surface area contributed by atoms with Crippen molar-refractivity contribution in [2.24, 2.45) is 0 Å². The van der Waals surface area contributed by atoms with Gasteiger partial charge >= 0.3 is 0 Å². The number of rotatable bonds is 8. The Balaban J connectivity index is 2.28. The highest BCUT2D eigenvalue weighted by Crippen LogP contribution is 2.17. The summed E-state index contributed by atoms with van der Waals surface area (Å²) in [4.78, 5) is 26.5. The molecule has 0 spiro atoms. The van der Waals surface area contributed by atoms with Crippen LogP contribution in [0.1, 0.15) is 51.6 Å². The highest BCUT2D eigenvalue weighted by molar-refractivity contribution is 6.10. The fraction of sp³-hybridized carbons (Fsp3) is 0.304. The van der Waals surface area contributed by atoms with Crippen LogP contribution < -0.4 is 0 Å². The van der Waals surface area contributed by atoms with Gasteiger partial charge in [-0.25, -0.2) is 0 Å². The molecule has 0 unspecified atom stereocenters. The van der Waals surface area contributed by atoms with E-state index in [1.165, 1.54) is 4.90 Å². The Morgan fingerprint density at radius 1 is 1.04 bits per heavy atom. The average molecular weight is 365 g/mol. The highest BCUT2D eigenvalue weighted by Gasteiger charge is 2.16. The van der Waals surface area contributed by atoms with Crippen LogP contribution in [0.25, 0.3) is 6.08 Å². The Hall–Kier alpha value is -2.88.